The smallest absolute Gasteiger partial charge is 0.310 e. The minimum Gasteiger partial charge on any atom is -0.465 e. The number of allylic oxidation sites excluding steroid dienone is 1. The zero-order valence-corrected chi connectivity index (χ0v) is 16.7. The molecule has 1 saturated carbocycles. The van der Waals surface area contributed by atoms with Crippen molar-refractivity contribution in [1.82, 2.24) is 4.57 Å². The van der Waals surface area contributed by atoms with Crippen LogP contribution in [0.15, 0.2) is 21.7 Å². The van der Waals surface area contributed by atoms with E-state index in [4.69, 9.17) is 16.4 Å². The van der Waals surface area contributed by atoms with Crippen LogP contribution in [0.2, 0.25) is 0 Å². The van der Waals surface area contributed by atoms with Crippen molar-refractivity contribution in [2.75, 3.05) is 6.61 Å². The molecule has 4 nitrogen and oxygen atoms in total. The number of rotatable bonds is 6. The van der Waals surface area contributed by atoms with E-state index < -0.39 is 0 Å². The Labute approximate surface area is 159 Å². The zero-order valence-electron chi connectivity index (χ0n) is 13.6. The van der Waals surface area contributed by atoms with Crippen LogP contribution in [0.5, 0.6) is 0 Å². The van der Waals surface area contributed by atoms with Crippen LogP contribution in [-0.2, 0) is 22.5 Å². The Hall–Kier alpha value is -1.50. The molecule has 0 unspecified atom stereocenters. The van der Waals surface area contributed by atoms with Gasteiger partial charge in [-0.1, -0.05) is 25.8 Å². The molecule has 24 heavy (non-hydrogen) atoms. The first-order valence-electron chi connectivity index (χ1n) is 7.53. The molecular weight excluding hydrogens is 436 g/mol. The summed E-state index contributed by atoms with van der Waals surface area (Å²) in [5.41, 5.74) is 1.36. The largest absolute Gasteiger partial charge is 0.465 e. The van der Waals surface area contributed by atoms with E-state index >= 15 is 0 Å². The third-order valence-electron chi connectivity index (χ3n) is 4.43. The van der Waals surface area contributed by atoms with Crippen molar-refractivity contribution < 1.29 is 9.53 Å². The van der Waals surface area contributed by atoms with E-state index in [1.807, 2.05) is 12.3 Å². The van der Waals surface area contributed by atoms with Crippen molar-refractivity contribution in [1.29, 1.82) is 5.26 Å². The van der Waals surface area contributed by atoms with E-state index in [-0.39, 0.29) is 23.2 Å². The zero-order chi connectivity index (χ0) is 17.9. The van der Waals surface area contributed by atoms with Gasteiger partial charge in [-0.15, -0.1) is 6.42 Å². The minimum absolute atomic E-state index is 0.0893. The van der Waals surface area contributed by atoms with Gasteiger partial charge in [0.15, 0.2) is 0 Å². The number of carbonyl (C=O) groups is 1. The molecule has 1 aliphatic carbocycles. The SMILES string of the molecule is C#CCn1cc(CCOC(=O)[C@@H]2[C@H](C=C(Br)Br)C2(C)C)cc1C#N. The van der Waals surface area contributed by atoms with Crippen LogP contribution in [0.4, 0.5) is 0 Å². The fourth-order valence-corrected chi connectivity index (χ4v) is 3.53. The topological polar surface area (TPSA) is 55.0 Å². The number of aromatic nitrogens is 1. The maximum atomic E-state index is 12.3. The summed E-state index contributed by atoms with van der Waals surface area (Å²) in [6.45, 7) is 4.76. The van der Waals surface area contributed by atoms with Gasteiger partial charge in [-0.2, -0.15) is 5.26 Å². The Kier molecular flexibility index (Phi) is 5.96. The molecule has 2 atom stereocenters. The minimum atomic E-state index is -0.175. The molecule has 0 bridgehead atoms. The van der Waals surface area contributed by atoms with Crippen LogP contribution in [0.25, 0.3) is 0 Å². The predicted molar refractivity (Wildman–Crippen MR) is 99.3 cm³/mol. The average Bonchev–Trinajstić information content (AvgIpc) is 2.85. The number of ether oxygens (including phenoxy) is 1. The third kappa shape index (κ3) is 4.12. The second-order valence-electron chi connectivity index (χ2n) is 6.38. The van der Waals surface area contributed by atoms with Gasteiger partial charge in [0.1, 0.15) is 11.8 Å². The van der Waals surface area contributed by atoms with Crippen molar-refractivity contribution in [2.24, 2.45) is 17.3 Å². The van der Waals surface area contributed by atoms with Crippen molar-refractivity contribution in [3.05, 3.63) is 33.0 Å². The summed E-state index contributed by atoms with van der Waals surface area (Å²) in [6.07, 6.45) is 9.67. The van der Waals surface area contributed by atoms with Gasteiger partial charge in [-0.25, -0.2) is 0 Å². The fraction of sp³-hybridized carbons (Fsp3) is 0.444. The summed E-state index contributed by atoms with van der Waals surface area (Å²) in [4.78, 5) is 12.3. The lowest BCUT2D eigenvalue weighted by Crippen LogP contribution is -2.12. The summed E-state index contributed by atoms with van der Waals surface area (Å²) in [5.74, 6) is 2.38. The Morgan fingerprint density at radius 3 is 2.83 bits per heavy atom. The number of hydrogen-bond donors (Lipinski definition) is 0. The molecule has 0 spiro atoms. The summed E-state index contributed by atoms with van der Waals surface area (Å²) in [6, 6.07) is 3.88. The van der Waals surface area contributed by atoms with Crippen LogP contribution >= 0.6 is 31.9 Å². The molecule has 0 amide bonds. The third-order valence-corrected chi connectivity index (χ3v) is 4.96. The number of terminal acetylenes is 1. The summed E-state index contributed by atoms with van der Waals surface area (Å²) >= 11 is 6.68. The summed E-state index contributed by atoms with van der Waals surface area (Å²) in [5, 5.41) is 9.07. The molecule has 0 radical (unpaired) electrons. The highest BCUT2D eigenvalue weighted by atomic mass is 79.9. The molecule has 1 fully saturated rings. The molecule has 0 saturated heterocycles. The van der Waals surface area contributed by atoms with E-state index in [1.165, 1.54) is 0 Å². The molecule has 0 aliphatic heterocycles. The lowest BCUT2D eigenvalue weighted by atomic mass is 10.1. The van der Waals surface area contributed by atoms with Crippen molar-refractivity contribution in [3.8, 4) is 18.4 Å². The molecule has 1 aromatic rings. The number of halogens is 2. The van der Waals surface area contributed by atoms with E-state index in [2.05, 4.69) is 57.7 Å². The maximum absolute atomic E-state index is 12.3. The highest BCUT2D eigenvalue weighted by molar-refractivity contribution is 9.28. The van der Waals surface area contributed by atoms with E-state index in [9.17, 15) is 4.79 Å². The monoisotopic (exact) mass is 452 g/mol. The first-order chi connectivity index (χ1) is 11.3. The lowest BCUT2D eigenvalue weighted by Gasteiger charge is -2.05. The molecule has 1 aromatic heterocycles. The molecule has 0 aromatic carbocycles. The highest BCUT2D eigenvalue weighted by Gasteiger charge is 2.61. The normalized spacial score (nSPS) is 20.6. The van der Waals surface area contributed by atoms with Gasteiger partial charge in [0, 0.05) is 12.6 Å². The van der Waals surface area contributed by atoms with Gasteiger partial charge < -0.3 is 9.30 Å². The number of carbonyl (C=O) groups excluding carboxylic acids is 1. The molecule has 1 aliphatic rings. The lowest BCUT2D eigenvalue weighted by molar-refractivity contribution is -0.146. The molecule has 1 heterocycles. The molecule has 2 rings (SSSR count). The van der Waals surface area contributed by atoms with Crippen LogP contribution in [0.1, 0.15) is 25.1 Å². The van der Waals surface area contributed by atoms with Gasteiger partial charge in [-0.3, -0.25) is 4.79 Å². The standard InChI is InChI=1S/C18H18Br2N2O2/c1-4-6-22-11-12(8-13(22)10-21)5-7-24-17(23)16-14(9-15(19)20)18(16,2)3/h1,8-9,11,14,16H,5-7H2,2-3H3/t14-,16-/m0/s1. The van der Waals surface area contributed by atoms with Crippen LogP contribution in [0, 0.1) is 40.9 Å². The molecule has 0 N–H and O–H groups in total. The number of nitrogens with zero attached hydrogens (tertiary/aromatic N) is 2. The second kappa shape index (κ2) is 7.59. The predicted octanol–water partition coefficient (Wildman–Crippen LogP) is 3.98. The second-order valence-corrected chi connectivity index (χ2v) is 9.15. The van der Waals surface area contributed by atoms with Crippen LogP contribution in [-0.4, -0.2) is 17.1 Å². The van der Waals surface area contributed by atoms with Crippen LogP contribution in [0.3, 0.4) is 0 Å². The quantitative estimate of drug-likeness (QED) is 0.483. The number of hydrogen-bond acceptors (Lipinski definition) is 3. The Morgan fingerprint density at radius 1 is 1.54 bits per heavy atom. The van der Waals surface area contributed by atoms with Gasteiger partial charge in [0.25, 0.3) is 0 Å². The van der Waals surface area contributed by atoms with Crippen molar-refractivity contribution in [2.45, 2.75) is 26.8 Å². The molecule has 6 heteroatoms. The van der Waals surface area contributed by atoms with Gasteiger partial charge in [-0.05, 0) is 54.8 Å². The van der Waals surface area contributed by atoms with Gasteiger partial charge >= 0.3 is 5.97 Å². The van der Waals surface area contributed by atoms with E-state index in [0.29, 0.717) is 25.3 Å². The van der Waals surface area contributed by atoms with Crippen molar-refractivity contribution in [3.63, 3.8) is 0 Å². The molecular formula is C18H18Br2N2O2. The highest BCUT2D eigenvalue weighted by Crippen LogP contribution is 2.60. The first-order valence-corrected chi connectivity index (χ1v) is 9.12. The summed E-state index contributed by atoms with van der Waals surface area (Å²) in [7, 11) is 0. The van der Waals surface area contributed by atoms with E-state index in [1.54, 1.807) is 10.6 Å². The fourth-order valence-electron chi connectivity index (χ4n) is 2.96. The van der Waals surface area contributed by atoms with Crippen LogP contribution < -0.4 is 0 Å². The maximum Gasteiger partial charge on any atom is 0.310 e. The molecule has 126 valence electrons. The average molecular weight is 454 g/mol. The Morgan fingerprint density at radius 2 is 2.25 bits per heavy atom. The van der Waals surface area contributed by atoms with Gasteiger partial charge in [0.2, 0.25) is 0 Å². The van der Waals surface area contributed by atoms with E-state index in [0.717, 1.165) is 8.96 Å². The Balaban J connectivity index is 1.89. The van der Waals surface area contributed by atoms with Gasteiger partial charge in [0.05, 0.1) is 22.5 Å². The summed E-state index contributed by atoms with van der Waals surface area (Å²) < 4.78 is 8.00. The first kappa shape index (κ1) is 18.8. The number of esters is 1. The number of nitriles is 1. The van der Waals surface area contributed by atoms with Crippen molar-refractivity contribution >= 4 is 37.8 Å². The Bertz CT molecular complexity index is 746.